The largest absolute Gasteiger partial charge is 0.496 e. The fourth-order valence-electron chi connectivity index (χ4n) is 2.00. The minimum absolute atomic E-state index is 0.00830. The van der Waals surface area contributed by atoms with Gasteiger partial charge in [0.05, 0.1) is 23.6 Å². The molecule has 0 atom stereocenters. The van der Waals surface area contributed by atoms with Crippen molar-refractivity contribution in [2.45, 2.75) is 11.5 Å². The molecule has 0 saturated heterocycles. The lowest BCUT2D eigenvalue weighted by atomic mass is 10.1. The topological polar surface area (TPSA) is 119 Å². The van der Waals surface area contributed by atoms with Gasteiger partial charge in [0.15, 0.2) is 0 Å². The van der Waals surface area contributed by atoms with E-state index in [9.17, 15) is 17.6 Å². The minimum Gasteiger partial charge on any atom is -0.496 e. The van der Waals surface area contributed by atoms with Crippen LogP contribution in [0.15, 0.2) is 41.3 Å². The highest BCUT2D eigenvalue weighted by Gasteiger charge is 2.19. The molecule has 130 valence electrons. The lowest BCUT2D eigenvalue weighted by molar-refractivity contribution is 0.0465. The molecular formula is C16H13FN2O5S. The lowest BCUT2D eigenvalue weighted by Gasteiger charge is -2.10. The van der Waals surface area contributed by atoms with Crippen molar-refractivity contribution in [1.29, 1.82) is 5.26 Å². The summed E-state index contributed by atoms with van der Waals surface area (Å²) in [5.41, 5.74) is 0.0427. The van der Waals surface area contributed by atoms with Gasteiger partial charge in [-0.15, -0.1) is 0 Å². The van der Waals surface area contributed by atoms with Crippen LogP contribution in [0.3, 0.4) is 0 Å². The van der Waals surface area contributed by atoms with Crippen LogP contribution < -0.4 is 9.88 Å². The van der Waals surface area contributed by atoms with Crippen molar-refractivity contribution >= 4 is 16.0 Å². The third kappa shape index (κ3) is 4.32. The summed E-state index contributed by atoms with van der Waals surface area (Å²) in [4.78, 5) is 11.9. The Balaban J connectivity index is 2.28. The SMILES string of the molecule is COc1ccc(S(N)(=O)=O)cc1C(=O)OCc1cc(C#N)ccc1F. The number of rotatable bonds is 5. The Labute approximate surface area is 143 Å². The van der Waals surface area contributed by atoms with Gasteiger partial charge < -0.3 is 9.47 Å². The fraction of sp³-hybridized carbons (Fsp3) is 0.125. The van der Waals surface area contributed by atoms with E-state index >= 15 is 0 Å². The Bertz CT molecular complexity index is 967. The van der Waals surface area contributed by atoms with E-state index in [1.165, 1.54) is 31.4 Å². The molecule has 0 radical (unpaired) electrons. The first-order valence-electron chi connectivity index (χ1n) is 6.82. The normalized spacial score (nSPS) is 10.8. The summed E-state index contributed by atoms with van der Waals surface area (Å²) in [6.45, 7) is -0.442. The summed E-state index contributed by atoms with van der Waals surface area (Å²) in [5, 5.41) is 13.9. The van der Waals surface area contributed by atoms with Gasteiger partial charge in [0.25, 0.3) is 0 Å². The molecule has 2 aromatic rings. The maximum atomic E-state index is 13.7. The molecule has 0 fully saturated rings. The van der Waals surface area contributed by atoms with Gasteiger partial charge in [-0.1, -0.05) is 0 Å². The highest BCUT2D eigenvalue weighted by molar-refractivity contribution is 7.89. The molecule has 0 aromatic heterocycles. The molecule has 0 heterocycles. The number of halogens is 1. The van der Waals surface area contributed by atoms with Crippen molar-refractivity contribution in [1.82, 2.24) is 0 Å². The number of nitriles is 1. The molecule has 0 aliphatic carbocycles. The molecule has 7 nitrogen and oxygen atoms in total. The number of sulfonamides is 1. The predicted molar refractivity (Wildman–Crippen MR) is 84.6 cm³/mol. The van der Waals surface area contributed by atoms with Crippen LogP contribution >= 0.6 is 0 Å². The number of nitrogens with two attached hydrogens (primary N) is 1. The fourth-order valence-corrected chi connectivity index (χ4v) is 2.54. The van der Waals surface area contributed by atoms with Crippen molar-refractivity contribution in [2.24, 2.45) is 5.14 Å². The molecule has 9 heteroatoms. The minimum atomic E-state index is -4.03. The summed E-state index contributed by atoms with van der Waals surface area (Å²) < 4.78 is 46.5. The molecule has 0 amide bonds. The average molecular weight is 364 g/mol. The van der Waals surface area contributed by atoms with Crippen molar-refractivity contribution in [3.63, 3.8) is 0 Å². The summed E-state index contributed by atoms with van der Waals surface area (Å²) in [6, 6.07) is 8.93. The molecular weight excluding hydrogens is 351 g/mol. The van der Waals surface area contributed by atoms with Crippen molar-refractivity contribution in [2.75, 3.05) is 7.11 Å². The van der Waals surface area contributed by atoms with Crippen LogP contribution in [0.1, 0.15) is 21.5 Å². The molecule has 0 bridgehead atoms. The van der Waals surface area contributed by atoms with Gasteiger partial charge in [0, 0.05) is 5.56 Å². The van der Waals surface area contributed by atoms with Crippen LogP contribution in [0, 0.1) is 17.1 Å². The molecule has 2 aromatic carbocycles. The molecule has 2 N–H and O–H groups in total. The van der Waals surface area contributed by atoms with Gasteiger partial charge in [0.2, 0.25) is 10.0 Å². The number of ether oxygens (including phenoxy) is 2. The number of carbonyl (C=O) groups is 1. The third-order valence-electron chi connectivity index (χ3n) is 3.25. The smallest absolute Gasteiger partial charge is 0.342 e. The number of benzene rings is 2. The van der Waals surface area contributed by atoms with E-state index in [0.717, 1.165) is 12.1 Å². The molecule has 0 saturated carbocycles. The van der Waals surface area contributed by atoms with Gasteiger partial charge in [-0.05, 0) is 36.4 Å². The van der Waals surface area contributed by atoms with E-state index in [-0.39, 0.29) is 27.3 Å². The Morgan fingerprint density at radius 1 is 1.28 bits per heavy atom. The van der Waals surface area contributed by atoms with Crippen molar-refractivity contribution < 1.29 is 27.1 Å². The second kappa shape index (κ2) is 7.29. The molecule has 25 heavy (non-hydrogen) atoms. The quantitative estimate of drug-likeness (QED) is 0.807. The summed E-state index contributed by atoms with van der Waals surface area (Å²) >= 11 is 0. The van der Waals surface area contributed by atoms with Crippen molar-refractivity contribution in [3.05, 3.63) is 58.9 Å². The van der Waals surface area contributed by atoms with Gasteiger partial charge in [-0.25, -0.2) is 22.7 Å². The Hall–Kier alpha value is -2.96. The standard InChI is InChI=1S/C16H13FN2O5S/c1-23-15-5-3-12(25(19,21)22)7-13(15)16(20)24-9-11-6-10(8-18)2-4-14(11)17/h2-7H,9H2,1H3,(H2,19,21,22). The van der Waals surface area contributed by atoms with E-state index < -0.39 is 28.4 Å². The lowest BCUT2D eigenvalue weighted by Crippen LogP contribution is -2.14. The Kier molecular flexibility index (Phi) is 5.36. The predicted octanol–water partition coefficient (Wildman–Crippen LogP) is 1.71. The van der Waals surface area contributed by atoms with Gasteiger partial charge >= 0.3 is 5.97 Å². The molecule has 0 aliphatic rings. The van der Waals surface area contributed by atoms with Crippen molar-refractivity contribution in [3.8, 4) is 11.8 Å². The third-order valence-corrected chi connectivity index (χ3v) is 4.16. The number of hydrogen-bond donors (Lipinski definition) is 1. The highest BCUT2D eigenvalue weighted by atomic mass is 32.2. The molecule has 0 aliphatic heterocycles. The summed E-state index contributed by atoms with van der Waals surface area (Å²) in [7, 11) is -2.74. The summed E-state index contributed by atoms with van der Waals surface area (Å²) in [6.07, 6.45) is 0. The first-order valence-corrected chi connectivity index (χ1v) is 8.37. The average Bonchev–Trinajstić information content (AvgIpc) is 2.59. The van der Waals surface area contributed by atoms with E-state index in [0.29, 0.717) is 0 Å². The van der Waals surface area contributed by atoms with Crippen LogP contribution in [0.25, 0.3) is 0 Å². The number of carbonyl (C=O) groups excluding carboxylic acids is 1. The molecule has 0 spiro atoms. The first kappa shape index (κ1) is 18.4. The first-order chi connectivity index (χ1) is 11.8. The second-order valence-corrected chi connectivity index (χ2v) is 6.46. The van der Waals surface area contributed by atoms with Gasteiger partial charge in [-0.2, -0.15) is 5.26 Å². The van der Waals surface area contributed by atoms with Gasteiger partial charge in [0.1, 0.15) is 23.7 Å². The number of methoxy groups -OCH3 is 1. The molecule has 2 rings (SSSR count). The van der Waals surface area contributed by atoms with Gasteiger partial charge in [-0.3, -0.25) is 0 Å². The van der Waals surface area contributed by atoms with E-state index in [1.807, 2.05) is 6.07 Å². The van der Waals surface area contributed by atoms with E-state index in [1.54, 1.807) is 0 Å². The molecule has 0 unspecified atom stereocenters. The number of hydrogen-bond acceptors (Lipinski definition) is 6. The number of nitrogens with zero attached hydrogens (tertiary/aromatic N) is 1. The van der Waals surface area contributed by atoms with E-state index in [4.69, 9.17) is 19.9 Å². The Morgan fingerprint density at radius 3 is 2.60 bits per heavy atom. The maximum Gasteiger partial charge on any atom is 0.342 e. The van der Waals surface area contributed by atoms with Crippen LogP contribution in [0.4, 0.5) is 4.39 Å². The second-order valence-electron chi connectivity index (χ2n) is 4.90. The maximum absolute atomic E-state index is 13.7. The van der Waals surface area contributed by atoms with Crippen LogP contribution in [-0.4, -0.2) is 21.5 Å². The monoisotopic (exact) mass is 364 g/mol. The summed E-state index contributed by atoms with van der Waals surface area (Å²) in [5.74, 6) is -1.50. The highest BCUT2D eigenvalue weighted by Crippen LogP contribution is 2.23. The zero-order valence-electron chi connectivity index (χ0n) is 13.0. The van der Waals surface area contributed by atoms with Crippen LogP contribution in [0.5, 0.6) is 5.75 Å². The Morgan fingerprint density at radius 2 is 2.00 bits per heavy atom. The zero-order valence-corrected chi connectivity index (χ0v) is 13.8. The van der Waals surface area contributed by atoms with Crippen LogP contribution in [-0.2, 0) is 21.4 Å². The van der Waals surface area contributed by atoms with E-state index in [2.05, 4.69) is 0 Å². The number of primary sulfonamides is 1. The number of esters is 1. The zero-order chi connectivity index (χ0) is 18.6. The van der Waals surface area contributed by atoms with Crippen LogP contribution in [0.2, 0.25) is 0 Å².